The van der Waals surface area contributed by atoms with Crippen molar-refractivity contribution >= 4 is 32.5 Å². The van der Waals surface area contributed by atoms with Gasteiger partial charge in [-0.2, -0.15) is 0 Å². The van der Waals surface area contributed by atoms with Crippen LogP contribution >= 0.6 is 0 Å². The van der Waals surface area contributed by atoms with Gasteiger partial charge in [-0.3, -0.25) is 9.63 Å². The van der Waals surface area contributed by atoms with E-state index >= 15 is 0 Å². The molecule has 0 spiro atoms. The number of anilines is 1. The number of unbranched alkanes of at least 4 members (excludes halogenated alkanes) is 2. The normalized spacial score (nSPS) is 11.8. The highest BCUT2D eigenvalue weighted by Gasteiger charge is 2.22. The largest absolute Gasteiger partial charge is 0.456 e. The number of ketones is 1. The Balaban J connectivity index is 1.71. The summed E-state index contributed by atoms with van der Waals surface area (Å²) in [7, 11) is -3.70. The van der Waals surface area contributed by atoms with Gasteiger partial charge in [0, 0.05) is 60.4 Å². The molecule has 3 N–H and O–H groups in total. The molecule has 0 aromatic heterocycles. The highest BCUT2D eigenvalue weighted by atomic mass is 32.2. The summed E-state index contributed by atoms with van der Waals surface area (Å²) in [5.74, 6) is 5.66. The number of sulfonamides is 1. The molecule has 4 rings (SSSR count). The molecule has 1 aliphatic heterocycles. The lowest BCUT2D eigenvalue weighted by Crippen LogP contribution is -2.29. The Morgan fingerprint density at radius 2 is 1.67 bits per heavy atom. The number of aryl methyl sites for hydroxylation is 1. The third-order valence-corrected chi connectivity index (χ3v) is 9.85. The van der Waals surface area contributed by atoms with Crippen molar-refractivity contribution in [2.45, 2.75) is 65.2 Å². The van der Waals surface area contributed by atoms with Crippen molar-refractivity contribution in [3.05, 3.63) is 65.5 Å². The summed E-state index contributed by atoms with van der Waals surface area (Å²) >= 11 is 0. The van der Waals surface area contributed by atoms with Gasteiger partial charge in [0.05, 0.1) is 11.0 Å². The van der Waals surface area contributed by atoms with Crippen LogP contribution in [0.25, 0.3) is 33.4 Å². The van der Waals surface area contributed by atoms with Gasteiger partial charge in [0.2, 0.25) is 15.4 Å². The average molecular weight is 636 g/mol. The zero-order chi connectivity index (χ0) is 32.6. The van der Waals surface area contributed by atoms with Crippen molar-refractivity contribution in [1.29, 1.82) is 0 Å². The van der Waals surface area contributed by atoms with Crippen LogP contribution < -0.4 is 25.5 Å². The fourth-order valence-corrected chi connectivity index (χ4v) is 7.05. The van der Waals surface area contributed by atoms with Crippen LogP contribution in [0.3, 0.4) is 0 Å². The molecule has 10 heteroatoms. The maximum absolute atomic E-state index is 13.2. The van der Waals surface area contributed by atoms with E-state index in [1.807, 2.05) is 13.0 Å². The SMILES string of the molecule is CCN(CC)c1ccc2c(-c3ccc(S(=O)(=O)NCCCCCC(=O)CON)cc3C)c3ccc(=[N+](CC)CC)cc-3oc2c1. The van der Waals surface area contributed by atoms with Crippen LogP contribution in [-0.4, -0.2) is 53.5 Å². The van der Waals surface area contributed by atoms with Gasteiger partial charge < -0.3 is 9.32 Å². The van der Waals surface area contributed by atoms with Gasteiger partial charge in [-0.1, -0.05) is 12.5 Å². The van der Waals surface area contributed by atoms with E-state index in [9.17, 15) is 13.2 Å². The van der Waals surface area contributed by atoms with E-state index in [0.29, 0.717) is 25.8 Å². The van der Waals surface area contributed by atoms with E-state index in [-0.39, 0.29) is 17.3 Å². The van der Waals surface area contributed by atoms with Crippen LogP contribution in [0, 0.1) is 6.92 Å². The second-order valence-corrected chi connectivity index (χ2v) is 13.0. The molecule has 0 bridgehead atoms. The molecule has 2 aromatic rings. The topological polar surface area (TPSA) is 118 Å². The monoisotopic (exact) mass is 635 g/mol. The maximum atomic E-state index is 13.2. The molecule has 0 unspecified atom stereocenters. The number of nitrogens with two attached hydrogens (primary N) is 1. The summed E-state index contributed by atoms with van der Waals surface area (Å²) in [6.07, 6.45) is 2.38. The van der Waals surface area contributed by atoms with Gasteiger partial charge in [0.1, 0.15) is 31.0 Å². The number of benzene rings is 3. The zero-order valence-corrected chi connectivity index (χ0v) is 28.0. The van der Waals surface area contributed by atoms with Crippen LogP contribution in [0.1, 0.15) is 58.9 Å². The number of nitrogens with one attached hydrogen (secondary N) is 1. The molecule has 2 aliphatic rings. The summed E-state index contributed by atoms with van der Waals surface area (Å²) in [6, 6.07) is 18.0. The third kappa shape index (κ3) is 7.99. The maximum Gasteiger partial charge on any atom is 0.240 e. The molecule has 242 valence electrons. The molecule has 1 heterocycles. The molecular weight excluding hydrogens is 588 g/mol. The predicted octanol–water partition coefficient (Wildman–Crippen LogP) is 5.47. The average Bonchev–Trinajstić information content (AvgIpc) is 3.03. The number of nitrogens with zero attached hydrogens (tertiary/aromatic N) is 2. The second kappa shape index (κ2) is 15.6. The van der Waals surface area contributed by atoms with Crippen molar-refractivity contribution in [3.8, 4) is 22.5 Å². The zero-order valence-electron chi connectivity index (χ0n) is 27.2. The number of carbonyl (C=O) groups excluding carboxylic acids is 1. The molecule has 0 fully saturated rings. The third-order valence-electron chi connectivity index (χ3n) is 8.39. The van der Waals surface area contributed by atoms with Crippen molar-refractivity contribution in [1.82, 2.24) is 9.30 Å². The summed E-state index contributed by atoms with van der Waals surface area (Å²) in [6.45, 7) is 14.3. The second-order valence-electron chi connectivity index (χ2n) is 11.2. The first-order valence-corrected chi connectivity index (χ1v) is 17.4. The Hall–Kier alpha value is -3.57. The molecule has 0 saturated carbocycles. The van der Waals surface area contributed by atoms with E-state index in [4.69, 9.17) is 10.3 Å². The molecule has 45 heavy (non-hydrogen) atoms. The molecule has 0 atom stereocenters. The Bertz CT molecular complexity index is 1770. The summed E-state index contributed by atoms with van der Waals surface area (Å²) < 4.78 is 38.0. The summed E-state index contributed by atoms with van der Waals surface area (Å²) in [5, 5.41) is 2.07. The minimum Gasteiger partial charge on any atom is -0.456 e. The highest BCUT2D eigenvalue weighted by Crippen LogP contribution is 2.42. The number of fused-ring (bicyclic) bond motifs is 2. The highest BCUT2D eigenvalue weighted by molar-refractivity contribution is 7.89. The quantitative estimate of drug-likeness (QED) is 0.0726. The van der Waals surface area contributed by atoms with Crippen LogP contribution in [0.5, 0.6) is 0 Å². The first-order chi connectivity index (χ1) is 21.7. The predicted molar refractivity (Wildman–Crippen MR) is 182 cm³/mol. The van der Waals surface area contributed by atoms with Gasteiger partial charge in [-0.05, 0) is 88.9 Å². The van der Waals surface area contributed by atoms with Crippen LogP contribution in [0.4, 0.5) is 5.69 Å². The summed E-state index contributed by atoms with van der Waals surface area (Å²) in [4.78, 5) is 18.4. The van der Waals surface area contributed by atoms with Crippen LogP contribution in [-0.2, 0) is 19.7 Å². The molecule has 0 amide bonds. The van der Waals surface area contributed by atoms with E-state index in [1.54, 1.807) is 12.1 Å². The molecule has 9 nitrogen and oxygen atoms in total. The molecule has 2 aromatic carbocycles. The van der Waals surface area contributed by atoms with Gasteiger partial charge in [0.15, 0.2) is 5.78 Å². The van der Waals surface area contributed by atoms with Crippen molar-refractivity contribution in [2.75, 3.05) is 44.2 Å². The number of hydrogen-bond acceptors (Lipinski definition) is 7. The lowest BCUT2D eigenvalue weighted by atomic mass is 9.91. The van der Waals surface area contributed by atoms with Gasteiger partial charge in [-0.15, -0.1) is 0 Å². The van der Waals surface area contributed by atoms with Gasteiger partial charge in [0.25, 0.3) is 0 Å². The van der Waals surface area contributed by atoms with Crippen molar-refractivity contribution in [2.24, 2.45) is 5.90 Å². The standard InChI is InChI=1S/C35H47N4O5S/c1-6-38(7-2)26-14-17-31-33(22-26)44-34-23-27(39(8-3)9-4)15-18-32(34)35(31)30-19-16-29(21-25(30)5)45(41,42)37-20-12-10-11-13-28(40)24-43-36/h14-19,21-23,37H,6-13,20,24,36H2,1-5H3/q+1. The van der Waals surface area contributed by atoms with E-state index in [1.165, 1.54) is 0 Å². The van der Waals surface area contributed by atoms with Gasteiger partial charge >= 0.3 is 0 Å². The van der Waals surface area contributed by atoms with Crippen molar-refractivity contribution < 1.29 is 22.5 Å². The first kappa shape index (κ1) is 34.3. The Labute approximate surface area is 267 Å². The van der Waals surface area contributed by atoms with E-state index < -0.39 is 10.0 Å². The Morgan fingerprint density at radius 3 is 2.33 bits per heavy atom. The first-order valence-electron chi connectivity index (χ1n) is 15.9. The van der Waals surface area contributed by atoms with E-state index in [0.717, 1.165) is 82.6 Å². The molecule has 1 aliphatic carbocycles. The van der Waals surface area contributed by atoms with Crippen molar-refractivity contribution in [3.63, 3.8) is 0 Å². The number of carbonyl (C=O) groups is 1. The van der Waals surface area contributed by atoms with Gasteiger partial charge in [-0.25, -0.2) is 23.6 Å². The minimum absolute atomic E-state index is 0.0602. The van der Waals surface area contributed by atoms with E-state index in [2.05, 4.69) is 83.1 Å². The number of hydrogen-bond donors (Lipinski definition) is 2. The smallest absolute Gasteiger partial charge is 0.240 e. The van der Waals surface area contributed by atoms with Crippen LogP contribution in [0.15, 0.2) is 63.9 Å². The number of Topliss-reactive ketones (excluding diaryl/α,β-unsaturated/α-hetero) is 1. The fourth-order valence-electron chi connectivity index (χ4n) is 5.89. The number of rotatable bonds is 16. The lowest BCUT2D eigenvalue weighted by Gasteiger charge is -2.22. The fraction of sp³-hybridized carbons (Fsp3) is 0.429. The molecule has 0 radical (unpaired) electrons. The minimum atomic E-state index is -3.70. The molecule has 0 saturated heterocycles. The summed E-state index contributed by atoms with van der Waals surface area (Å²) in [5.41, 5.74) is 5.69. The Morgan fingerprint density at radius 1 is 0.933 bits per heavy atom. The molecular formula is C35H47N4O5S+. The lowest BCUT2D eigenvalue weighted by molar-refractivity contribution is -0.123. The van der Waals surface area contributed by atoms with Crippen LogP contribution in [0.2, 0.25) is 0 Å². The Kier molecular flexibility index (Phi) is 11.9.